The van der Waals surface area contributed by atoms with Crippen molar-refractivity contribution in [1.82, 2.24) is 4.90 Å². The van der Waals surface area contributed by atoms with Crippen molar-refractivity contribution in [2.75, 3.05) is 27.4 Å². The van der Waals surface area contributed by atoms with E-state index in [9.17, 15) is 18.8 Å². The van der Waals surface area contributed by atoms with Gasteiger partial charge in [-0.3, -0.25) is 4.79 Å². The Bertz CT molecular complexity index is 864. The summed E-state index contributed by atoms with van der Waals surface area (Å²) >= 11 is 0. The van der Waals surface area contributed by atoms with Crippen LogP contribution in [0.4, 0.5) is 4.39 Å². The lowest BCUT2D eigenvalue weighted by Gasteiger charge is -2.21. The summed E-state index contributed by atoms with van der Waals surface area (Å²) in [7, 11) is 2.42. The molecule has 2 rings (SSSR count). The van der Waals surface area contributed by atoms with Gasteiger partial charge in [0.1, 0.15) is 11.6 Å². The highest BCUT2D eigenvalue weighted by Crippen LogP contribution is 2.19. The molecule has 0 saturated heterocycles. The van der Waals surface area contributed by atoms with Crippen molar-refractivity contribution in [3.8, 4) is 5.75 Å². The third-order valence-electron chi connectivity index (χ3n) is 4.11. The van der Waals surface area contributed by atoms with Crippen LogP contribution in [0.5, 0.6) is 5.75 Å². The first-order chi connectivity index (χ1) is 13.9. The van der Waals surface area contributed by atoms with Gasteiger partial charge in [0, 0.05) is 13.1 Å². The molecule has 1 amide bonds. The lowest BCUT2D eigenvalue weighted by Crippen LogP contribution is -2.34. The molecule has 0 saturated carbocycles. The molecule has 2 aromatic carbocycles. The van der Waals surface area contributed by atoms with Crippen molar-refractivity contribution in [3.63, 3.8) is 0 Å². The molecule has 0 fully saturated rings. The van der Waals surface area contributed by atoms with E-state index in [0.717, 1.165) is 0 Å². The highest BCUT2D eigenvalue weighted by atomic mass is 19.1. The Hall–Kier alpha value is -3.42. The number of carbonyl (C=O) groups is 3. The average molecular weight is 403 g/mol. The minimum atomic E-state index is -0.659. The second kappa shape index (κ2) is 10.2. The first-order valence-electron chi connectivity index (χ1n) is 8.84. The van der Waals surface area contributed by atoms with Crippen molar-refractivity contribution < 1.29 is 33.0 Å². The fourth-order valence-electron chi connectivity index (χ4n) is 2.62. The van der Waals surface area contributed by atoms with E-state index in [2.05, 4.69) is 9.47 Å². The first-order valence-corrected chi connectivity index (χ1v) is 8.84. The number of methoxy groups -OCH3 is 2. The van der Waals surface area contributed by atoms with Crippen LogP contribution in [0.25, 0.3) is 0 Å². The predicted molar refractivity (Wildman–Crippen MR) is 102 cm³/mol. The topological polar surface area (TPSA) is 82.1 Å². The molecular formula is C21H22FNO6. The van der Waals surface area contributed by atoms with Gasteiger partial charge in [-0.2, -0.15) is 0 Å². The number of hydrogen-bond acceptors (Lipinski definition) is 6. The predicted octanol–water partition coefficient (Wildman–Crippen LogP) is 2.83. The monoisotopic (exact) mass is 403 g/mol. The van der Waals surface area contributed by atoms with Crippen LogP contribution >= 0.6 is 0 Å². The number of likely N-dealkylation sites (N-methyl/N-ethyl adjacent to an activating group) is 1. The normalized spacial score (nSPS) is 10.2. The molecule has 0 radical (unpaired) electrons. The molecular weight excluding hydrogens is 381 g/mol. The SMILES string of the molecule is CCN(Cc1cccc(F)c1)C(=O)COc1cc(C(=O)OC)cc(C(=O)OC)c1. The number of halogens is 1. The summed E-state index contributed by atoms with van der Waals surface area (Å²) < 4.78 is 28.2. The Morgan fingerprint density at radius 2 is 1.59 bits per heavy atom. The molecule has 0 atom stereocenters. The zero-order chi connectivity index (χ0) is 21.4. The zero-order valence-electron chi connectivity index (χ0n) is 16.4. The van der Waals surface area contributed by atoms with E-state index in [0.29, 0.717) is 12.1 Å². The summed E-state index contributed by atoms with van der Waals surface area (Å²) in [5.74, 6) is -1.89. The van der Waals surface area contributed by atoms with E-state index in [-0.39, 0.29) is 41.8 Å². The third kappa shape index (κ3) is 6.03. The number of carbonyl (C=O) groups excluding carboxylic acids is 3. The maximum absolute atomic E-state index is 13.4. The minimum absolute atomic E-state index is 0.0879. The molecule has 154 valence electrons. The number of esters is 2. The molecule has 0 spiro atoms. The first kappa shape index (κ1) is 21.9. The highest BCUT2D eigenvalue weighted by Gasteiger charge is 2.17. The second-order valence-electron chi connectivity index (χ2n) is 6.06. The summed E-state index contributed by atoms with van der Waals surface area (Å²) in [5, 5.41) is 0. The van der Waals surface area contributed by atoms with E-state index >= 15 is 0 Å². The van der Waals surface area contributed by atoms with Gasteiger partial charge in [0.05, 0.1) is 25.3 Å². The van der Waals surface area contributed by atoms with E-state index in [4.69, 9.17) is 4.74 Å². The van der Waals surface area contributed by atoms with Crippen LogP contribution in [0.1, 0.15) is 33.2 Å². The lowest BCUT2D eigenvalue weighted by atomic mass is 10.1. The van der Waals surface area contributed by atoms with E-state index in [1.165, 1.54) is 49.5 Å². The lowest BCUT2D eigenvalue weighted by molar-refractivity contribution is -0.133. The van der Waals surface area contributed by atoms with Crippen LogP contribution in [0.2, 0.25) is 0 Å². The molecule has 7 nitrogen and oxygen atoms in total. The molecule has 2 aromatic rings. The van der Waals surface area contributed by atoms with Crippen molar-refractivity contribution in [2.24, 2.45) is 0 Å². The van der Waals surface area contributed by atoms with Gasteiger partial charge < -0.3 is 19.1 Å². The molecule has 29 heavy (non-hydrogen) atoms. The summed E-state index contributed by atoms with van der Waals surface area (Å²) in [5.41, 5.74) is 0.829. The number of rotatable bonds is 8. The molecule has 0 unspecified atom stereocenters. The fraction of sp³-hybridized carbons (Fsp3) is 0.286. The van der Waals surface area contributed by atoms with Gasteiger partial charge in [-0.25, -0.2) is 14.0 Å². The second-order valence-corrected chi connectivity index (χ2v) is 6.06. The van der Waals surface area contributed by atoms with E-state index < -0.39 is 11.9 Å². The zero-order valence-corrected chi connectivity index (χ0v) is 16.4. The summed E-state index contributed by atoms with van der Waals surface area (Å²) in [6.07, 6.45) is 0. The van der Waals surface area contributed by atoms with Crippen molar-refractivity contribution in [3.05, 3.63) is 65.0 Å². The number of nitrogens with zero attached hydrogens (tertiary/aromatic N) is 1. The summed E-state index contributed by atoms with van der Waals surface area (Å²) in [6.45, 7) is 2.10. The largest absolute Gasteiger partial charge is 0.484 e. The molecule has 0 N–H and O–H groups in total. The Balaban J connectivity index is 2.12. The quantitative estimate of drug-likeness (QED) is 0.631. The number of amides is 1. The molecule has 0 aliphatic rings. The standard InChI is InChI=1S/C21H22FNO6/c1-4-23(12-14-6-5-7-17(22)8-14)19(24)13-29-18-10-15(20(25)27-2)9-16(11-18)21(26)28-3/h5-11H,4,12-13H2,1-3H3. The number of benzene rings is 2. The smallest absolute Gasteiger partial charge is 0.338 e. The molecule has 0 aliphatic carbocycles. The van der Waals surface area contributed by atoms with Gasteiger partial charge >= 0.3 is 11.9 Å². The Morgan fingerprint density at radius 3 is 2.10 bits per heavy atom. The van der Waals surface area contributed by atoms with E-state index in [1.54, 1.807) is 19.1 Å². The molecule has 0 heterocycles. The Labute approximate surface area is 168 Å². The molecule has 0 aliphatic heterocycles. The van der Waals surface area contributed by atoms with Crippen molar-refractivity contribution in [2.45, 2.75) is 13.5 Å². The molecule has 0 bridgehead atoms. The van der Waals surface area contributed by atoms with Crippen LogP contribution in [-0.4, -0.2) is 50.1 Å². The van der Waals surface area contributed by atoms with Gasteiger partial charge in [-0.05, 0) is 42.8 Å². The third-order valence-corrected chi connectivity index (χ3v) is 4.11. The van der Waals surface area contributed by atoms with Crippen LogP contribution in [0, 0.1) is 5.82 Å². The van der Waals surface area contributed by atoms with Gasteiger partial charge in [-0.1, -0.05) is 12.1 Å². The van der Waals surface area contributed by atoms with Gasteiger partial charge in [0.25, 0.3) is 5.91 Å². The Kier molecular flexibility index (Phi) is 7.70. The van der Waals surface area contributed by atoms with Crippen molar-refractivity contribution in [1.29, 1.82) is 0 Å². The van der Waals surface area contributed by atoms with Crippen LogP contribution in [0.3, 0.4) is 0 Å². The maximum Gasteiger partial charge on any atom is 0.338 e. The number of hydrogen-bond donors (Lipinski definition) is 0. The van der Waals surface area contributed by atoms with Crippen LogP contribution in [-0.2, 0) is 20.8 Å². The highest BCUT2D eigenvalue weighted by molar-refractivity contribution is 5.96. The summed E-state index contributed by atoms with van der Waals surface area (Å²) in [6, 6.07) is 10.0. The molecule has 8 heteroatoms. The Morgan fingerprint density at radius 1 is 0.966 bits per heavy atom. The molecule has 0 aromatic heterocycles. The number of ether oxygens (including phenoxy) is 3. The van der Waals surface area contributed by atoms with Crippen LogP contribution in [0.15, 0.2) is 42.5 Å². The maximum atomic E-state index is 13.4. The summed E-state index contributed by atoms with van der Waals surface area (Å²) in [4.78, 5) is 37.6. The van der Waals surface area contributed by atoms with Gasteiger partial charge in [-0.15, -0.1) is 0 Å². The van der Waals surface area contributed by atoms with E-state index in [1.807, 2.05) is 0 Å². The van der Waals surface area contributed by atoms with Gasteiger partial charge in [0.15, 0.2) is 6.61 Å². The fourth-order valence-corrected chi connectivity index (χ4v) is 2.62. The van der Waals surface area contributed by atoms with Crippen LogP contribution < -0.4 is 4.74 Å². The average Bonchev–Trinajstić information content (AvgIpc) is 2.74. The van der Waals surface area contributed by atoms with Crippen molar-refractivity contribution >= 4 is 17.8 Å². The van der Waals surface area contributed by atoms with Gasteiger partial charge in [0.2, 0.25) is 0 Å². The minimum Gasteiger partial charge on any atom is -0.484 e.